The van der Waals surface area contributed by atoms with Crippen molar-refractivity contribution in [3.63, 3.8) is 0 Å². The van der Waals surface area contributed by atoms with Crippen molar-refractivity contribution < 1.29 is 9.47 Å². The lowest BCUT2D eigenvalue weighted by molar-refractivity contribution is 0.217. The number of ether oxygens (including phenoxy) is 2. The highest BCUT2D eigenvalue weighted by atomic mass is 16.5. The second-order valence-corrected chi connectivity index (χ2v) is 6.71. The fourth-order valence-corrected chi connectivity index (χ4v) is 2.91. The van der Waals surface area contributed by atoms with Gasteiger partial charge in [-0.2, -0.15) is 5.10 Å². The molecule has 30 heavy (non-hydrogen) atoms. The Labute approximate surface area is 179 Å². The molecule has 0 unspecified atom stereocenters. The lowest BCUT2D eigenvalue weighted by atomic mass is 10.2. The summed E-state index contributed by atoms with van der Waals surface area (Å²) in [5, 5.41) is 10.6. The summed E-state index contributed by atoms with van der Waals surface area (Å²) in [4.78, 5) is 11.2. The number of guanidine groups is 1. The van der Waals surface area contributed by atoms with E-state index in [4.69, 9.17) is 9.47 Å². The van der Waals surface area contributed by atoms with E-state index >= 15 is 0 Å². The minimum Gasteiger partial charge on any atom is -0.493 e. The van der Waals surface area contributed by atoms with Crippen molar-refractivity contribution in [2.45, 2.75) is 33.9 Å². The second kappa shape index (κ2) is 12.7. The lowest BCUT2D eigenvalue weighted by Crippen LogP contribution is -2.37. The Bertz CT molecular complexity index is 787. The molecule has 2 rings (SSSR count). The van der Waals surface area contributed by atoms with Gasteiger partial charge in [-0.25, -0.2) is 9.98 Å². The molecule has 0 atom stereocenters. The maximum atomic E-state index is 5.93. The zero-order valence-electron chi connectivity index (χ0n) is 18.8. The van der Waals surface area contributed by atoms with E-state index in [9.17, 15) is 0 Å². The third kappa shape index (κ3) is 7.22. The van der Waals surface area contributed by atoms with Crippen molar-refractivity contribution in [2.24, 2.45) is 12.0 Å². The molecule has 1 aromatic carbocycles. The number of benzene rings is 1. The van der Waals surface area contributed by atoms with Crippen LogP contribution >= 0.6 is 0 Å². The first-order valence-electron chi connectivity index (χ1n) is 10.5. The molecule has 0 aliphatic heterocycles. The number of hydrogen-bond acceptors (Lipinski definition) is 6. The van der Waals surface area contributed by atoms with Gasteiger partial charge in [0, 0.05) is 20.1 Å². The number of hydrogen-bond donors (Lipinski definition) is 2. The first-order chi connectivity index (χ1) is 14.6. The molecule has 1 aromatic heterocycles. The van der Waals surface area contributed by atoms with Gasteiger partial charge in [-0.15, -0.1) is 0 Å². The molecule has 0 aliphatic carbocycles. The minimum atomic E-state index is 0.518. The predicted molar refractivity (Wildman–Crippen MR) is 119 cm³/mol. The molecule has 0 amide bonds. The molecule has 9 nitrogen and oxygen atoms in total. The van der Waals surface area contributed by atoms with Crippen molar-refractivity contribution in [1.29, 1.82) is 0 Å². The van der Waals surface area contributed by atoms with Crippen molar-refractivity contribution in [2.75, 3.05) is 39.9 Å². The van der Waals surface area contributed by atoms with Gasteiger partial charge in [-0.3, -0.25) is 4.68 Å². The van der Waals surface area contributed by atoms with Crippen LogP contribution in [-0.4, -0.2) is 65.5 Å². The van der Waals surface area contributed by atoms with Crippen molar-refractivity contribution in [3.8, 4) is 11.5 Å². The largest absolute Gasteiger partial charge is 0.493 e. The van der Waals surface area contributed by atoms with Gasteiger partial charge in [0.2, 0.25) is 0 Å². The highest BCUT2D eigenvalue weighted by Gasteiger charge is 2.08. The maximum absolute atomic E-state index is 5.93. The van der Waals surface area contributed by atoms with Crippen LogP contribution in [0, 0.1) is 0 Å². The molecular formula is C21H35N7O2. The normalized spacial score (nSPS) is 11.6. The second-order valence-electron chi connectivity index (χ2n) is 6.71. The molecular weight excluding hydrogens is 382 g/mol. The van der Waals surface area contributed by atoms with Gasteiger partial charge in [0.25, 0.3) is 0 Å². The molecule has 1 heterocycles. The molecule has 0 radical (unpaired) electrons. The summed E-state index contributed by atoms with van der Waals surface area (Å²) in [7, 11) is 3.53. The van der Waals surface area contributed by atoms with Crippen molar-refractivity contribution in [3.05, 3.63) is 35.9 Å². The van der Waals surface area contributed by atoms with Crippen molar-refractivity contribution >= 4 is 5.96 Å². The van der Waals surface area contributed by atoms with Gasteiger partial charge in [0.1, 0.15) is 18.8 Å². The summed E-state index contributed by atoms with van der Waals surface area (Å²) in [6.07, 6.45) is 1.54. The van der Waals surface area contributed by atoms with Gasteiger partial charge in [0.05, 0.1) is 20.2 Å². The topological polar surface area (TPSA) is 88.8 Å². The molecule has 2 N–H and O–H groups in total. The Balaban J connectivity index is 1.97. The van der Waals surface area contributed by atoms with E-state index in [1.54, 1.807) is 18.1 Å². The van der Waals surface area contributed by atoms with Crippen molar-refractivity contribution in [1.82, 2.24) is 30.3 Å². The van der Waals surface area contributed by atoms with E-state index in [-0.39, 0.29) is 0 Å². The van der Waals surface area contributed by atoms with Crippen LogP contribution in [0.2, 0.25) is 0 Å². The van der Waals surface area contributed by atoms with Crippen LogP contribution in [0.25, 0.3) is 0 Å². The Morgan fingerprint density at radius 2 is 1.97 bits per heavy atom. The average molecular weight is 418 g/mol. The number of rotatable bonds is 12. The van der Waals surface area contributed by atoms with Gasteiger partial charge >= 0.3 is 0 Å². The molecule has 0 spiro atoms. The van der Waals surface area contributed by atoms with Crippen LogP contribution < -0.4 is 20.1 Å². The number of aryl methyl sites for hydroxylation is 1. The standard InChI is InChI=1S/C21H35N7O2/c1-6-22-21(24-15-20-25-16-26-27(20)4)23-14-17-9-10-18(19(13-17)29-5)30-12-11-28(7-2)8-3/h9-10,13,16H,6-8,11-12,14-15H2,1-5H3,(H2,22,23,24). The molecule has 9 heteroatoms. The van der Waals surface area contributed by atoms with E-state index in [0.29, 0.717) is 19.7 Å². The lowest BCUT2D eigenvalue weighted by Gasteiger charge is -2.19. The Hall–Kier alpha value is -2.81. The molecule has 0 aliphatic rings. The van der Waals surface area contributed by atoms with E-state index < -0.39 is 0 Å². The third-order valence-corrected chi connectivity index (χ3v) is 4.77. The molecule has 0 saturated carbocycles. The van der Waals surface area contributed by atoms with E-state index in [0.717, 1.165) is 55.0 Å². The fraction of sp³-hybridized carbons (Fsp3) is 0.571. The number of methoxy groups -OCH3 is 1. The quantitative estimate of drug-likeness (QED) is 0.402. The monoisotopic (exact) mass is 417 g/mol. The van der Waals surface area contributed by atoms with Gasteiger partial charge < -0.3 is 25.0 Å². The zero-order valence-corrected chi connectivity index (χ0v) is 18.8. The van der Waals surface area contributed by atoms with Crippen LogP contribution in [0.4, 0.5) is 0 Å². The van der Waals surface area contributed by atoms with Crippen LogP contribution in [0.15, 0.2) is 29.5 Å². The van der Waals surface area contributed by atoms with E-state index in [1.165, 1.54) is 0 Å². The first kappa shape index (κ1) is 23.5. The summed E-state index contributed by atoms with van der Waals surface area (Å²) < 4.78 is 13.2. The summed E-state index contributed by atoms with van der Waals surface area (Å²) in [6, 6.07) is 5.94. The minimum absolute atomic E-state index is 0.518. The highest BCUT2D eigenvalue weighted by Crippen LogP contribution is 2.28. The van der Waals surface area contributed by atoms with Crippen LogP contribution in [0.1, 0.15) is 32.2 Å². The van der Waals surface area contributed by atoms with E-state index in [2.05, 4.69) is 44.5 Å². The van der Waals surface area contributed by atoms with E-state index in [1.807, 2.05) is 32.2 Å². The Morgan fingerprint density at radius 3 is 2.60 bits per heavy atom. The summed E-state index contributed by atoms with van der Waals surface area (Å²) in [5.41, 5.74) is 1.04. The molecule has 0 bridgehead atoms. The number of nitrogens with one attached hydrogen (secondary N) is 2. The Kier molecular flexibility index (Phi) is 9.93. The van der Waals surface area contributed by atoms with Crippen LogP contribution in [0.5, 0.6) is 11.5 Å². The third-order valence-electron chi connectivity index (χ3n) is 4.77. The number of likely N-dealkylation sites (N-methyl/N-ethyl adjacent to an activating group) is 1. The average Bonchev–Trinajstić information content (AvgIpc) is 3.18. The maximum Gasteiger partial charge on any atom is 0.191 e. The van der Waals surface area contributed by atoms with Gasteiger partial charge in [0.15, 0.2) is 17.5 Å². The number of aliphatic imine (C=N–C) groups is 1. The molecule has 166 valence electrons. The first-order valence-corrected chi connectivity index (χ1v) is 10.5. The summed E-state index contributed by atoms with van der Waals surface area (Å²) in [6.45, 7) is 11.7. The van der Waals surface area contributed by atoms with Gasteiger partial charge in [-0.05, 0) is 37.7 Å². The smallest absolute Gasteiger partial charge is 0.191 e. The van der Waals surface area contributed by atoms with Crippen LogP contribution in [0.3, 0.4) is 0 Å². The highest BCUT2D eigenvalue weighted by molar-refractivity contribution is 5.79. The molecule has 2 aromatic rings. The molecule has 0 fully saturated rings. The predicted octanol–water partition coefficient (Wildman–Crippen LogP) is 1.80. The zero-order chi connectivity index (χ0) is 21.8. The Morgan fingerprint density at radius 1 is 1.17 bits per heavy atom. The summed E-state index contributed by atoms with van der Waals surface area (Å²) in [5.74, 6) is 3.04. The van der Waals surface area contributed by atoms with Crippen LogP contribution in [-0.2, 0) is 20.1 Å². The van der Waals surface area contributed by atoms with Gasteiger partial charge in [-0.1, -0.05) is 19.9 Å². The number of nitrogens with zero attached hydrogens (tertiary/aromatic N) is 5. The fourth-order valence-electron chi connectivity index (χ4n) is 2.91. The summed E-state index contributed by atoms with van der Waals surface area (Å²) >= 11 is 0. The SMILES string of the molecule is CCNC(=NCc1ccc(OCCN(CC)CC)c(OC)c1)NCc1ncnn1C. The number of aromatic nitrogens is 3. The molecule has 0 saturated heterocycles.